The smallest absolute Gasteiger partial charge is 0.247 e. The number of para-hydroxylation sites is 1. The van der Waals surface area contributed by atoms with Crippen molar-refractivity contribution in [3.63, 3.8) is 0 Å². The molecule has 0 saturated heterocycles. The zero-order valence-corrected chi connectivity index (χ0v) is 16.7. The molecule has 3 aromatic carbocycles. The third-order valence-electron chi connectivity index (χ3n) is 4.82. The minimum atomic E-state index is -0.641. The van der Waals surface area contributed by atoms with E-state index >= 15 is 0 Å². The summed E-state index contributed by atoms with van der Waals surface area (Å²) >= 11 is 0. The lowest BCUT2D eigenvalue weighted by atomic mass is 9.89. The fourth-order valence-corrected chi connectivity index (χ4v) is 3.30. The highest BCUT2D eigenvalue weighted by molar-refractivity contribution is 5.98. The van der Waals surface area contributed by atoms with Crippen LogP contribution in [0, 0.1) is 5.92 Å². The summed E-state index contributed by atoms with van der Waals surface area (Å²) < 4.78 is 0. The van der Waals surface area contributed by atoms with Crippen LogP contribution in [0.1, 0.15) is 30.9 Å². The van der Waals surface area contributed by atoms with Crippen LogP contribution in [0.5, 0.6) is 0 Å². The summed E-state index contributed by atoms with van der Waals surface area (Å²) in [6, 6.07) is 27.9. The Morgan fingerprint density at radius 3 is 1.55 bits per heavy atom. The molecule has 2 amide bonds. The Bertz CT molecular complexity index is 885. The number of carbonyl (C=O) groups excluding carboxylic acids is 2. The normalized spacial score (nSPS) is 11.9. The van der Waals surface area contributed by atoms with E-state index < -0.39 is 12.0 Å². The van der Waals surface area contributed by atoms with Crippen LogP contribution < -0.4 is 10.6 Å². The second-order valence-corrected chi connectivity index (χ2v) is 7.34. The molecule has 0 aromatic heterocycles. The summed E-state index contributed by atoms with van der Waals surface area (Å²) in [5.41, 5.74) is 2.49. The largest absolute Gasteiger partial charge is 0.343 e. The van der Waals surface area contributed by atoms with E-state index in [9.17, 15) is 9.59 Å². The van der Waals surface area contributed by atoms with Crippen molar-refractivity contribution in [2.45, 2.75) is 25.8 Å². The number of rotatable bonds is 7. The molecule has 4 heteroatoms. The van der Waals surface area contributed by atoms with Crippen molar-refractivity contribution in [3.8, 4) is 0 Å². The van der Waals surface area contributed by atoms with Crippen molar-refractivity contribution in [3.05, 3.63) is 102 Å². The number of amides is 2. The summed E-state index contributed by atoms with van der Waals surface area (Å²) in [4.78, 5) is 26.2. The molecule has 4 nitrogen and oxygen atoms in total. The minimum Gasteiger partial charge on any atom is -0.343 e. The summed E-state index contributed by atoms with van der Waals surface area (Å²) in [5.74, 6) is -0.957. The third-order valence-corrected chi connectivity index (χ3v) is 4.82. The molecule has 3 aromatic rings. The molecule has 3 rings (SSSR count). The Morgan fingerprint density at radius 2 is 1.10 bits per heavy atom. The highest BCUT2D eigenvalue weighted by Crippen LogP contribution is 2.25. The van der Waals surface area contributed by atoms with Gasteiger partial charge in [0.25, 0.3) is 0 Å². The summed E-state index contributed by atoms with van der Waals surface area (Å²) in [7, 11) is 0. The second-order valence-electron chi connectivity index (χ2n) is 7.34. The van der Waals surface area contributed by atoms with Crippen molar-refractivity contribution >= 4 is 17.5 Å². The molecule has 2 N–H and O–H groups in total. The van der Waals surface area contributed by atoms with Gasteiger partial charge in [-0.15, -0.1) is 0 Å². The number of benzene rings is 3. The van der Waals surface area contributed by atoms with Crippen LogP contribution in [0.25, 0.3) is 0 Å². The molecule has 0 aliphatic carbocycles. The van der Waals surface area contributed by atoms with Crippen LogP contribution in [0.2, 0.25) is 0 Å². The van der Waals surface area contributed by atoms with Gasteiger partial charge < -0.3 is 10.6 Å². The minimum absolute atomic E-state index is 0.0603. The lowest BCUT2D eigenvalue weighted by Gasteiger charge is -2.25. The van der Waals surface area contributed by atoms with E-state index in [1.54, 1.807) is 0 Å². The van der Waals surface area contributed by atoms with Crippen molar-refractivity contribution < 1.29 is 9.59 Å². The van der Waals surface area contributed by atoms with Crippen molar-refractivity contribution in [1.29, 1.82) is 0 Å². The SMILES string of the molecule is CC(C)[C@@H](NC(=O)C(c1ccccc1)c1ccccc1)C(=O)Nc1ccccc1. The van der Waals surface area contributed by atoms with Crippen LogP contribution in [-0.2, 0) is 9.59 Å². The molecule has 0 aliphatic rings. The first kappa shape index (κ1) is 20.3. The standard InChI is InChI=1S/C25H26N2O2/c1-18(2)23(25(29)26-21-16-10-5-11-17-21)27-24(28)22(19-12-6-3-7-13-19)20-14-8-4-9-15-20/h3-18,22-23H,1-2H3,(H,26,29)(H,27,28)/t23-/m1/s1. The second kappa shape index (κ2) is 9.69. The van der Waals surface area contributed by atoms with Crippen LogP contribution in [-0.4, -0.2) is 17.9 Å². The first-order valence-corrected chi connectivity index (χ1v) is 9.82. The number of nitrogens with one attached hydrogen (secondary N) is 2. The molecule has 0 radical (unpaired) electrons. The molecule has 148 valence electrons. The average molecular weight is 386 g/mol. The van der Waals surface area contributed by atoms with Crippen LogP contribution in [0.15, 0.2) is 91.0 Å². The van der Waals surface area contributed by atoms with E-state index in [1.807, 2.05) is 105 Å². The Kier molecular flexibility index (Phi) is 6.80. The first-order valence-electron chi connectivity index (χ1n) is 9.82. The zero-order valence-electron chi connectivity index (χ0n) is 16.7. The molecule has 0 spiro atoms. The summed E-state index contributed by atoms with van der Waals surface area (Å²) in [5, 5.41) is 5.88. The number of hydrogen-bond acceptors (Lipinski definition) is 2. The van der Waals surface area contributed by atoms with Crippen molar-refractivity contribution in [2.75, 3.05) is 5.32 Å². The van der Waals surface area contributed by atoms with Crippen LogP contribution >= 0.6 is 0 Å². The van der Waals surface area contributed by atoms with Crippen LogP contribution in [0.4, 0.5) is 5.69 Å². The van der Waals surface area contributed by atoms with E-state index in [0.717, 1.165) is 11.1 Å². The van der Waals surface area contributed by atoms with Crippen molar-refractivity contribution in [2.24, 2.45) is 5.92 Å². The van der Waals surface area contributed by atoms with Gasteiger partial charge in [0.05, 0.1) is 5.92 Å². The van der Waals surface area contributed by atoms with Gasteiger partial charge >= 0.3 is 0 Å². The number of hydrogen-bond donors (Lipinski definition) is 2. The van der Waals surface area contributed by atoms with E-state index in [0.29, 0.717) is 5.69 Å². The van der Waals surface area contributed by atoms with Crippen molar-refractivity contribution in [1.82, 2.24) is 5.32 Å². The fraction of sp³-hybridized carbons (Fsp3) is 0.200. The average Bonchev–Trinajstić information content (AvgIpc) is 2.74. The number of anilines is 1. The van der Waals surface area contributed by atoms with Gasteiger partial charge in [-0.3, -0.25) is 9.59 Å². The Balaban J connectivity index is 1.83. The maximum atomic E-state index is 13.3. The zero-order chi connectivity index (χ0) is 20.6. The van der Waals surface area contributed by atoms with Crippen LogP contribution in [0.3, 0.4) is 0 Å². The Hall–Kier alpha value is -3.40. The number of carbonyl (C=O) groups is 2. The predicted octanol–water partition coefficient (Wildman–Crippen LogP) is 4.60. The predicted molar refractivity (Wildman–Crippen MR) is 117 cm³/mol. The summed E-state index contributed by atoms with van der Waals surface area (Å²) in [6.07, 6.45) is 0. The quantitative estimate of drug-likeness (QED) is 0.624. The molecule has 0 unspecified atom stereocenters. The maximum Gasteiger partial charge on any atom is 0.247 e. The molecule has 29 heavy (non-hydrogen) atoms. The summed E-state index contributed by atoms with van der Waals surface area (Å²) in [6.45, 7) is 3.85. The van der Waals surface area contributed by atoms with E-state index in [4.69, 9.17) is 0 Å². The van der Waals surface area contributed by atoms with E-state index in [1.165, 1.54) is 0 Å². The molecule has 0 fully saturated rings. The third kappa shape index (κ3) is 5.32. The Morgan fingerprint density at radius 1 is 0.655 bits per heavy atom. The molecular weight excluding hydrogens is 360 g/mol. The van der Waals surface area contributed by atoms with Gasteiger partial charge in [-0.05, 0) is 29.2 Å². The van der Waals surface area contributed by atoms with Gasteiger partial charge in [-0.1, -0.05) is 92.7 Å². The molecule has 0 saturated carbocycles. The highest BCUT2D eigenvalue weighted by Gasteiger charge is 2.29. The van der Waals surface area contributed by atoms with Gasteiger partial charge in [0.1, 0.15) is 6.04 Å². The molecular formula is C25H26N2O2. The fourth-order valence-electron chi connectivity index (χ4n) is 3.30. The van der Waals surface area contributed by atoms with Gasteiger partial charge in [0, 0.05) is 5.69 Å². The van der Waals surface area contributed by atoms with Gasteiger partial charge in [-0.2, -0.15) is 0 Å². The maximum absolute atomic E-state index is 13.3. The van der Waals surface area contributed by atoms with Gasteiger partial charge in [-0.25, -0.2) is 0 Å². The topological polar surface area (TPSA) is 58.2 Å². The van der Waals surface area contributed by atoms with Gasteiger partial charge in [0.2, 0.25) is 11.8 Å². The lowest BCUT2D eigenvalue weighted by Crippen LogP contribution is -2.48. The molecule has 0 bridgehead atoms. The monoisotopic (exact) mass is 386 g/mol. The molecule has 1 atom stereocenters. The highest BCUT2D eigenvalue weighted by atomic mass is 16.2. The first-order chi connectivity index (χ1) is 14.1. The van der Waals surface area contributed by atoms with Gasteiger partial charge in [0.15, 0.2) is 0 Å². The molecule has 0 heterocycles. The van der Waals surface area contributed by atoms with E-state index in [2.05, 4.69) is 10.6 Å². The molecule has 0 aliphatic heterocycles. The van der Waals surface area contributed by atoms with E-state index in [-0.39, 0.29) is 17.7 Å². The lowest BCUT2D eigenvalue weighted by molar-refractivity contribution is -0.127. The Labute approximate surface area is 172 Å².